The normalized spacial score (nSPS) is 26.6. The van der Waals surface area contributed by atoms with Crippen molar-refractivity contribution < 1.29 is 9.53 Å². The maximum atomic E-state index is 11.8. The molecule has 2 rings (SSSR count). The minimum Gasteiger partial charge on any atom is -0.468 e. The van der Waals surface area contributed by atoms with Crippen LogP contribution in [0.1, 0.15) is 37.8 Å². The largest absolute Gasteiger partial charge is 0.468 e. The fourth-order valence-electron chi connectivity index (χ4n) is 2.51. The topological polar surface area (TPSA) is 76.4 Å². The van der Waals surface area contributed by atoms with E-state index in [0.717, 1.165) is 5.56 Å². The molecule has 1 aromatic rings. The number of carbonyl (C=O) groups is 1. The molecule has 0 radical (unpaired) electrons. The van der Waals surface area contributed by atoms with Gasteiger partial charge in [-0.2, -0.15) is 0 Å². The Morgan fingerprint density at radius 1 is 1.20 bits per heavy atom. The Hall–Kier alpha value is -1.43. The van der Waals surface area contributed by atoms with E-state index < -0.39 is 6.04 Å². The Kier molecular flexibility index (Phi) is 4.13. The van der Waals surface area contributed by atoms with Crippen molar-refractivity contribution in [3.63, 3.8) is 0 Å². The number of rotatable bonds is 2. The van der Waals surface area contributed by atoms with Gasteiger partial charge in [-0.1, -0.05) is 45.0 Å². The highest BCUT2D eigenvalue weighted by atomic mass is 16.5. The summed E-state index contributed by atoms with van der Waals surface area (Å²) in [4.78, 5) is 11.8. The zero-order valence-electron chi connectivity index (χ0n) is 12.4. The lowest BCUT2D eigenvalue weighted by Crippen LogP contribution is -2.39. The van der Waals surface area contributed by atoms with Crippen LogP contribution in [-0.4, -0.2) is 25.3 Å². The fraction of sp³-hybridized carbons (Fsp3) is 0.533. The van der Waals surface area contributed by atoms with E-state index in [2.05, 4.69) is 43.8 Å². The summed E-state index contributed by atoms with van der Waals surface area (Å²) in [6, 6.07) is 7.80. The van der Waals surface area contributed by atoms with E-state index in [9.17, 15) is 4.79 Å². The monoisotopic (exact) mass is 277 g/mol. The number of nitrogens with two attached hydrogens (primary N) is 1. The van der Waals surface area contributed by atoms with Gasteiger partial charge in [0.2, 0.25) is 0 Å². The lowest BCUT2D eigenvalue weighted by atomic mass is 9.84. The molecule has 0 amide bonds. The Balaban J connectivity index is 2.27. The maximum absolute atomic E-state index is 11.8. The first kappa shape index (κ1) is 15.0. The lowest BCUT2D eigenvalue weighted by molar-refractivity contribution is -0.143. The number of benzene rings is 1. The zero-order chi connectivity index (χ0) is 14.9. The van der Waals surface area contributed by atoms with Gasteiger partial charge in [0.25, 0.3) is 0 Å². The van der Waals surface area contributed by atoms with Gasteiger partial charge in [0, 0.05) is 5.92 Å². The van der Waals surface area contributed by atoms with E-state index in [1.807, 2.05) is 12.1 Å². The lowest BCUT2D eigenvalue weighted by Gasteiger charge is -2.22. The molecule has 20 heavy (non-hydrogen) atoms. The van der Waals surface area contributed by atoms with Crippen molar-refractivity contribution in [3.8, 4) is 0 Å². The van der Waals surface area contributed by atoms with Crippen molar-refractivity contribution in [3.05, 3.63) is 35.4 Å². The summed E-state index contributed by atoms with van der Waals surface area (Å²) in [5.41, 5.74) is 14.2. The molecule has 1 aliphatic rings. The third-order valence-electron chi connectivity index (χ3n) is 3.77. The third kappa shape index (κ3) is 2.85. The van der Waals surface area contributed by atoms with Crippen molar-refractivity contribution in [1.82, 2.24) is 10.9 Å². The highest BCUT2D eigenvalue weighted by molar-refractivity contribution is 5.77. The molecule has 0 saturated carbocycles. The standard InChI is InChI=1S/C15H23N3O2/c1-15(2,3)10-7-5-9(6-8-10)11-12(14(19)20-4)17-18-13(11)16/h5-8,11-13,17-18H,16H2,1-4H3. The minimum atomic E-state index is -0.463. The first-order chi connectivity index (χ1) is 9.34. The Morgan fingerprint density at radius 3 is 2.30 bits per heavy atom. The van der Waals surface area contributed by atoms with Gasteiger partial charge >= 0.3 is 5.97 Å². The van der Waals surface area contributed by atoms with Gasteiger partial charge in [-0.25, -0.2) is 10.9 Å². The van der Waals surface area contributed by atoms with E-state index in [0.29, 0.717) is 0 Å². The second kappa shape index (κ2) is 5.52. The van der Waals surface area contributed by atoms with Gasteiger partial charge in [0.05, 0.1) is 13.3 Å². The van der Waals surface area contributed by atoms with Gasteiger partial charge in [-0.05, 0) is 16.5 Å². The summed E-state index contributed by atoms with van der Waals surface area (Å²) in [5, 5.41) is 0. The quantitative estimate of drug-likeness (QED) is 0.703. The van der Waals surface area contributed by atoms with E-state index in [-0.39, 0.29) is 23.5 Å². The number of carbonyl (C=O) groups excluding carboxylic acids is 1. The summed E-state index contributed by atoms with van der Waals surface area (Å²) < 4.78 is 4.82. The maximum Gasteiger partial charge on any atom is 0.324 e. The Bertz CT molecular complexity index is 479. The summed E-state index contributed by atoms with van der Waals surface area (Å²) >= 11 is 0. The molecule has 1 fully saturated rings. The molecule has 3 unspecified atom stereocenters. The van der Waals surface area contributed by atoms with Crippen molar-refractivity contribution >= 4 is 5.97 Å². The van der Waals surface area contributed by atoms with Gasteiger partial charge in [-0.3, -0.25) is 4.79 Å². The van der Waals surface area contributed by atoms with E-state index in [1.165, 1.54) is 12.7 Å². The molecule has 3 atom stereocenters. The highest BCUT2D eigenvalue weighted by Crippen LogP contribution is 2.29. The second-order valence-electron chi connectivity index (χ2n) is 6.21. The van der Waals surface area contributed by atoms with Crippen LogP contribution in [0.5, 0.6) is 0 Å². The number of hydrogen-bond donors (Lipinski definition) is 3. The van der Waals surface area contributed by atoms with E-state index >= 15 is 0 Å². The molecule has 110 valence electrons. The molecule has 1 heterocycles. The predicted molar refractivity (Wildman–Crippen MR) is 77.9 cm³/mol. The molecule has 0 spiro atoms. The predicted octanol–water partition coefficient (Wildman–Crippen LogP) is 1.00. The number of hydrazine groups is 1. The second-order valence-corrected chi connectivity index (χ2v) is 6.21. The summed E-state index contributed by atoms with van der Waals surface area (Å²) in [6.07, 6.45) is -0.320. The molecule has 0 bridgehead atoms. The van der Waals surface area contributed by atoms with Gasteiger partial charge < -0.3 is 10.5 Å². The average molecular weight is 277 g/mol. The molecule has 1 saturated heterocycles. The molecule has 4 N–H and O–H groups in total. The molecule has 5 heteroatoms. The van der Waals surface area contributed by atoms with Crippen LogP contribution >= 0.6 is 0 Å². The SMILES string of the molecule is COC(=O)C1NNC(N)C1c1ccc(C(C)(C)C)cc1. The fourth-order valence-corrected chi connectivity index (χ4v) is 2.51. The molecule has 1 aromatic carbocycles. The van der Waals surface area contributed by atoms with E-state index in [1.54, 1.807) is 0 Å². The number of ether oxygens (including phenoxy) is 1. The van der Waals surface area contributed by atoms with Gasteiger partial charge in [0.15, 0.2) is 0 Å². The van der Waals surface area contributed by atoms with Crippen molar-refractivity contribution in [2.75, 3.05) is 7.11 Å². The van der Waals surface area contributed by atoms with Gasteiger partial charge in [-0.15, -0.1) is 0 Å². The van der Waals surface area contributed by atoms with Crippen molar-refractivity contribution in [2.45, 2.75) is 44.3 Å². The van der Waals surface area contributed by atoms with Crippen LogP contribution in [0, 0.1) is 0 Å². The number of nitrogens with one attached hydrogen (secondary N) is 2. The number of methoxy groups -OCH3 is 1. The zero-order valence-corrected chi connectivity index (χ0v) is 12.4. The van der Waals surface area contributed by atoms with Crippen LogP contribution in [0.25, 0.3) is 0 Å². The van der Waals surface area contributed by atoms with Crippen LogP contribution < -0.4 is 16.6 Å². The van der Waals surface area contributed by atoms with Crippen LogP contribution in [0.4, 0.5) is 0 Å². The molecule has 0 aliphatic carbocycles. The van der Waals surface area contributed by atoms with Gasteiger partial charge in [0.1, 0.15) is 6.04 Å². The number of hydrogen-bond acceptors (Lipinski definition) is 5. The third-order valence-corrected chi connectivity index (χ3v) is 3.77. The molecule has 0 aromatic heterocycles. The molecule has 1 aliphatic heterocycles. The van der Waals surface area contributed by atoms with Crippen molar-refractivity contribution in [1.29, 1.82) is 0 Å². The molecular formula is C15H23N3O2. The first-order valence-corrected chi connectivity index (χ1v) is 6.79. The first-order valence-electron chi connectivity index (χ1n) is 6.79. The average Bonchev–Trinajstić information content (AvgIpc) is 2.79. The Morgan fingerprint density at radius 2 is 1.80 bits per heavy atom. The summed E-state index contributed by atoms with van der Waals surface area (Å²) in [7, 11) is 1.38. The highest BCUT2D eigenvalue weighted by Gasteiger charge is 2.40. The smallest absolute Gasteiger partial charge is 0.324 e. The van der Waals surface area contributed by atoms with Crippen LogP contribution in [0.2, 0.25) is 0 Å². The summed E-state index contributed by atoms with van der Waals surface area (Å²) in [5.74, 6) is -0.452. The van der Waals surface area contributed by atoms with Crippen molar-refractivity contribution in [2.24, 2.45) is 5.73 Å². The van der Waals surface area contributed by atoms with Crippen LogP contribution in [0.15, 0.2) is 24.3 Å². The summed E-state index contributed by atoms with van der Waals surface area (Å²) in [6.45, 7) is 6.51. The van der Waals surface area contributed by atoms with Crippen LogP contribution in [0.3, 0.4) is 0 Å². The minimum absolute atomic E-state index is 0.106. The Labute approximate surface area is 119 Å². The van der Waals surface area contributed by atoms with Crippen LogP contribution in [-0.2, 0) is 14.9 Å². The van der Waals surface area contributed by atoms with E-state index in [4.69, 9.17) is 10.5 Å². The molecular weight excluding hydrogens is 254 g/mol. The number of esters is 1. The molecule has 5 nitrogen and oxygen atoms in total.